The number of Topliss-reactive ketones (excluding diaryl/α,β-unsaturated/α-hetero) is 1. The third-order valence-electron chi connectivity index (χ3n) is 5.50. The zero-order valence-corrected chi connectivity index (χ0v) is 17.3. The SMILES string of the molecule is Cc1cc2c(c3c1C(=O)/C(=C/c1ccc([N+](=O)[O-])cc1)O3)CN(Cc1ccccn1)CO2. The monoisotopic (exact) mass is 429 g/mol. The topological polar surface area (TPSA) is 94.8 Å². The number of non-ortho nitro benzene ring substituents is 1. The summed E-state index contributed by atoms with van der Waals surface area (Å²) in [7, 11) is 0. The number of hydrogen-bond donors (Lipinski definition) is 0. The lowest BCUT2D eigenvalue weighted by atomic mass is 9.98. The fourth-order valence-electron chi connectivity index (χ4n) is 3.94. The van der Waals surface area contributed by atoms with E-state index in [1.807, 2.05) is 31.2 Å². The Kier molecular flexibility index (Phi) is 4.91. The van der Waals surface area contributed by atoms with Gasteiger partial charge in [-0.3, -0.25) is 24.8 Å². The molecule has 0 bridgehead atoms. The predicted molar refractivity (Wildman–Crippen MR) is 116 cm³/mol. The summed E-state index contributed by atoms with van der Waals surface area (Å²) in [5, 5.41) is 10.9. The van der Waals surface area contributed by atoms with Crippen LogP contribution in [0.2, 0.25) is 0 Å². The molecule has 32 heavy (non-hydrogen) atoms. The minimum atomic E-state index is -0.462. The van der Waals surface area contributed by atoms with E-state index in [4.69, 9.17) is 9.47 Å². The fourth-order valence-corrected chi connectivity index (χ4v) is 3.94. The summed E-state index contributed by atoms with van der Waals surface area (Å²) >= 11 is 0. The first kappa shape index (κ1) is 19.9. The van der Waals surface area contributed by atoms with Gasteiger partial charge >= 0.3 is 0 Å². The van der Waals surface area contributed by atoms with Gasteiger partial charge in [-0.25, -0.2) is 0 Å². The minimum Gasteiger partial charge on any atom is -0.478 e. The highest BCUT2D eigenvalue weighted by molar-refractivity contribution is 6.15. The van der Waals surface area contributed by atoms with E-state index in [0.717, 1.165) is 16.8 Å². The van der Waals surface area contributed by atoms with Gasteiger partial charge in [-0.2, -0.15) is 0 Å². The molecule has 8 nitrogen and oxygen atoms in total. The number of rotatable bonds is 4. The molecule has 2 aliphatic rings. The van der Waals surface area contributed by atoms with Crippen LogP contribution in [0.25, 0.3) is 6.08 Å². The van der Waals surface area contributed by atoms with E-state index in [1.54, 1.807) is 24.4 Å². The van der Waals surface area contributed by atoms with Gasteiger partial charge in [-0.1, -0.05) is 6.07 Å². The second-order valence-corrected chi connectivity index (χ2v) is 7.74. The van der Waals surface area contributed by atoms with Crippen molar-refractivity contribution in [1.29, 1.82) is 0 Å². The van der Waals surface area contributed by atoms with Gasteiger partial charge < -0.3 is 9.47 Å². The first-order valence-corrected chi connectivity index (χ1v) is 10.1. The minimum absolute atomic E-state index is 0.0100. The molecule has 2 aromatic carbocycles. The smallest absolute Gasteiger partial charge is 0.269 e. The van der Waals surface area contributed by atoms with Crippen molar-refractivity contribution in [2.75, 3.05) is 6.73 Å². The Morgan fingerprint density at radius 2 is 2.03 bits per heavy atom. The summed E-state index contributed by atoms with van der Waals surface area (Å²) in [5.41, 5.74) is 3.71. The average molecular weight is 429 g/mol. The standard InChI is InChI=1S/C24H19N3O5/c1-15-10-20-19(13-26(14-31-20)12-17-4-2-3-9-25-17)24-22(15)23(28)21(32-24)11-16-5-7-18(8-6-16)27(29)30/h2-11H,12-14H2,1H3/b21-11-. The van der Waals surface area contributed by atoms with Gasteiger partial charge in [0.25, 0.3) is 5.69 Å². The molecule has 3 heterocycles. The van der Waals surface area contributed by atoms with Crippen LogP contribution in [0.3, 0.4) is 0 Å². The largest absolute Gasteiger partial charge is 0.478 e. The first-order valence-electron chi connectivity index (χ1n) is 10.1. The molecule has 0 radical (unpaired) electrons. The molecule has 0 aliphatic carbocycles. The van der Waals surface area contributed by atoms with Crippen LogP contribution >= 0.6 is 0 Å². The average Bonchev–Trinajstić information content (AvgIpc) is 3.12. The quantitative estimate of drug-likeness (QED) is 0.347. The molecule has 0 spiro atoms. The van der Waals surface area contributed by atoms with Crippen LogP contribution in [0.1, 0.15) is 32.7 Å². The Labute approximate surface area is 183 Å². The fraction of sp³-hybridized carbons (Fsp3) is 0.167. The van der Waals surface area contributed by atoms with Gasteiger partial charge in [0, 0.05) is 31.4 Å². The van der Waals surface area contributed by atoms with E-state index in [2.05, 4.69) is 9.88 Å². The van der Waals surface area contributed by atoms with E-state index < -0.39 is 4.92 Å². The summed E-state index contributed by atoms with van der Waals surface area (Å²) in [5.74, 6) is 1.21. The molecule has 160 valence electrons. The van der Waals surface area contributed by atoms with Crippen LogP contribution in [0.4, 0.5) is 5.69 Å². The predicted octanol–water partition coefficient (Wildman–Crippen LogP) is 4.27. The number of pyridine rings is 1. The second kappa shape index (κ2) is 7.90. The van der Waals surface area contributed by atoms with E-state index in [9.17, 15) is 14.9 Å². The summed E-state index contributed by atoms with van der Waals surface area (Å²) in [6.07, 6.45) is 3.36. The molecule has 1 aromatic heterocycles. The lowest BCUT2D eigenvalue weighted by molar-refractivity contribution is -0.384. The van der Waals surface area contributed by atoms with Crippen molar-refractivity contribution in [1.82, 2.24) is 9.88 Å². The maximum absolute atomic E-state index is 13.1. The number of ether oxygens (including phenoxy) is 2. The Balaban J connectivity index is 1.44. The van der Waals surface area contributed by atoms with Crippen LogP contribution in [-0.4, -0.2) is 27.3 Å². The first-order chi connectivity index (χ1) is 15.5. The maximum atomic E-state index is 13.1. The molecular weight excluding hydrogens is 410 g/mol. The summed E-state index contributed by atoms with van der Waals surface area (Å²) in [4.78, 5) is 30.0. The van der Waals surface area contributed by atoms with E-state index >= 15 is 0 Å². The van der Waals surface area contributed by atoms with Gasteiger partial charge in [0.05, 0.1) is 21.7 Å². The van der Waals surface area contributed by atoms with Crippen LogP contribution in [0.5, 0.6) is 11.5 Å². The molecule has 2 aliphatic heterocycles. The van der Waals surface area contributed by atoms with E-state index in [1.165, 1.54) is 12.1 Å². The number of ketones is 1. The van der Waals surface area contributed by atoms with Crippen molar-refractivity contribution >= 4 is 17.5 Å². The highest BCUT2D eigenvalue weighted by Crippen LogP contribution is 2.44. The van der Waals surface area contributed by atoms with Crippen LogP contribution < -0.4 is 9.47 Å². The Morgan fingerprint density at radius 3 is 2.75 bits per heavy atom. The van der Waals surface area contributed by atoms with E-state index in [0.29, 0.717) is 42.4 Å². The van der Waals surface area contributed by atoms with Crippen molar-refractivity contribution < 1.29 is 19.2 Å². The Morgan fingerprint density at radius 1 is 1.22 bits per heavy atom. The normalized spacial score (nSPS) is 16.3. The summed E-state index contributed by atoms with van der Waals surface area (Å²) < 4.78 is 12.0. The van der Waals surface area contributed by atoms with Crippen LogP contribution in [-0.2, 0) is 13.1 Å². The molecule has 3 aromatic rings. The van der Waals surface area contributed by atoms with Crippen LogP contribution in [0, 0.1) is 17.0 Å². The summed E-state index contributed by atoms with van der Waals surface area (Å²) in [6, 6.07) is 13.6. The van der Waals surface area contributed by atoms with E-state index in [-0.39, 0.29) is 17.2 Å². The van der Waals surface area contributed by atoms with Crippen molar-refractivity contribution in [3.8, 4) is 11.5 Å². The number of nitro groups is 1. The van der Waals surface area contributed by atoms with Crippen molar-refractivity contribution in [3.05, 3.63) is 98.5 Å². The van der Waals surface area contributed by atoms with Crippen molar-refractivity contribution in [2.45, 2.75) is 20.0 Å². The number of aryl methyl sites for hydroxylation is 1. The molecule has 5 rings (SSSR count). The number of nitro benzene ring substituents is 1. The van der Waals surface area contributed by atoms with Crippen molar-refractivity contribution in [2.24, 2.45) is 0 Å². The Hall–Kier alpha value is -4.04. The highest BCUT2D eigenvalue weighted by Gasteiger charge is 2.35. The molecular formula is C24H19N3O5. The number of benzene rings is 2. The number of allylic oxidation sites excluding steroid dienone is 1. The maximum Gasteiger partial charge on any atom is 0.269 e. The summed E-state index contributed by atoms with van der Waals surface area (Å²) in [6.45, 7) is 3.45. The molecule has 0 unspecified atom stereocenters. The van der Waals surface area contributed by atoms with Gasteiger partial charge in [-0.05, 0) is 54.5 Å². The third-order valence-corrected chi connectivity index (χ3v) is 5.50. The lowest BCUT2D eigenvalue weighted by Crippen LogP contribution is -2.32. The second-order valence-electron chi connectivity index (χ2n) is 7.74. The number of aromatic nitrogens is 1. The van der Waals surface area contributed by atoms with Crippen LogP contribution in [0.15, 0.2) is 60.5 Å². The van der Waals surface area contributed by atoms with Gasteiger partial charge in [0.2, 0.25) is 5.78 Å². The molecule has 0 N–H and O–H groups in total. The number of carbonyl (C=O) groups is 1. The zero-order chi connectivity index (χ0) is 22.2. The molecule has 0 fully saturated rings. The molecule has 0 atom stereocenters. The van der Waals surface area contributed by atoms with Gasteiger partial charge in [0.1, 0.15) is 18.2 Å². The van der Waals surface area contributed by atoms with Gasteiger partial charge in [0.15, 0.2) is 5.76 Å². The molecule has 0 saturated heterocycles. The molecule has 8 heteroatoms. The van der Waals surface area contributed by atoms with Gasteiger partial charge in [-0.15, -0.1) is 0 Å². The zero-order valence-electron chi connectivity index (χ0n) is 17.3. The number of carbonyl (C=O) groups excluding carboxylic acids is 1. The molecule has 0 saturated carbocycles. The lowest BCUT2D eigenvalue weighted by Gasteiger charge is -2.29. The van der Waals surface area contributed by atoms with Crippen molar-refractivity contribution in [3.63, 3.8) is 0 Å². The third kappa shape index (κ3) is 3.61. The number of hydrogen-bond acceptors (Lipinski definition) is 7. The number of nitrogens with zero attached hydrogens (tertiary/aromatic N) is 3. The number of fused-ring (bicyclic) bond motifs is 3. The Bertz CT molecular complexity index is 1250. The highest BCUT2D eigenvalue weighted by atomic mass is 16.6. The molecule has 0 amide bonds.